The van der Waals surface area contributed by atoms with Gasteiger partial charge < -0.3 is 0 Å². The fraction of sp³-hybridized carbons (Fsp3) is 0.586. The summed E-state index contributed by atoms with van der Waals surface area (Å²) in [5.74, 6) is 0.866. The van der Waals surface area contributed by atoms with E-state index in [1.165, 1.54) is 107 Å². The van der Waals surface area contributed by atoms with Crippen LogP contribution in [0.25, 0.3) is 23.2 Å². The minimum atomic E-state index is 0.866. The first-order valence-corrected chi connectivity index (χ1v) is 13.0. The van der Waals surface area contributed by atoms with E-state index in [2.05, 4.69) is 47.5 Å². The topological polar surface area (TPSA) is 8.82 Å². The van der Waals surface area contributed by atoms with E-state index in [0.717, 1.165) is 5.92 Å². The maximum absolute atomic E-state index is 4.27. The molecule has 1 unspecified atom stereocenters. The first kappa shape index (κ1) is 20.9. The summed E-state index contributed by atoms with van der Waals surface area (Å²) in [5, 5.41) is 1.64. The van der Waals surface area contributed by atoms with Crippen LogP contribution in [0.5, 0.6) is 0 Å². The van der Waals surface area contributed by atoms with Gasteiger partial charge in [-0.1, -0.05) is 58.1 Å². The van der Waals surface area contributed by atoms with Gasteiger partial charge in [-0.05, 0) is 87.5 Å². The molecular formula is C29H40N2. The highest BCUT2D eigenvalue weighted by molar-refractivity contribution is 5.92. The minimum absolute atomic E-state index is 0.866. The molecule has 31 heavy (non-hydrogen) atoms. The Balaban J connectivity index is 1.82. The zero-order valence-electron chi connectivity index (χ0n) is 19.8. The summed E-state index contributed by atoms with van der Waals surface area (Å²) in [5.41, 5.74) is 10.7. The highest BCUT2D eigenvalue weighted by atomic mass is 15.1. The summed E-state index contributed by atoms with van der Waals surface area (Å²) in [6, 6.07) is 0. The molecular weight excluding hydrogens is 376 g/mol. The summed E-state index contributed by atoms with van der Waals surface area (Å²) >= 11 is 0. The second-order valence-corrected chi connectivity index (χ2v) is 10.2. The van der Waals surface area contributed by atoms with Crippen LogP contribution >= 0.6 is 0 Å². The molecule has 0 saturated carbocycles. The third kappa shape index (κ3) is 3.47. The van der Waals surface area contributed by atoms with Gasteiger partial charge in [-0.15, -0.1) is 0 Å². The highest BCUT2D eigenvalue weighted by Crippen LogP contribution is 2.41. The summed E-state index contributed by atoms with van der Waals surface area (Å²) < 4.78 is 5.29. The average Bonchev–Trinajstić information content (AvgIpc) is 3.37. The van der Waals surface area contributed by atoms with Crippen molar-refractivity contribution in [3.63, 3.8) is 0 Å². The molecule has 0 radical (unpaired) electrons. The number of hydrogen-bond donors (Lipinski definition) is 0. The molecule has 0 bridgehead atoms. The van der Waals surface area contributed by atoms with Crippen LogP contribution in [-0.4, -0.2) is 8.80 Å². The minimum Gasteiger partial charge on any atom is -0.297 e. The van der Waals surface area contributed by atoms with Crippen molar-refractivity contribution >= 4 is 23.2 Å². The molecule has 1 atom stereocenters. The summed E-state index contributed by atoms with van der Waals surface area (Å²) in [6.07, 6.45) is 25.2. The molecule has 0 amide bonds. The monoisotopic (exact) mass is 416 g/mol. The van der Waals surface area contributed by atoms with Crippen LogP contribution in [-0.2, 0) is 25.7 Å². The van der Waals surface area contributed by atoms with Crippen molar-refractivity contribution in [2.75, 3.05) is 0 Å². The first-order valence-electron chi connectivity index (χ1n) is 13.0. The van der Waals surface area contributed by atoms with Gasteiger partial charge in [-0.25, -0.2) is 0 Å². The Morgan fingerprint density at radius 2 is 1.29 bits per heavy atom. The Hall–Kier alpha value is -1.96. The molecule has 3 aromatic heterocycles. The molecule has 5 rings (SSSR count). The second-order valence-electron chi connectivity index (χ2n) is 10.2. The maximum atomic E-state index is 4.27. The fourth-order valence-electron chi connectivity index (χ4n) is 6.61. The van der Waals surface area contributed by atoms with E-state index in [9.17, 15) is 0 Å². The van der Waals surface area contributed by atoms with Crippen LogP contribution in [0.3, 0.4) is 0 Å². The lowest BCUT2D eigenvalue weighted by atomic mass is 9.94. The lowest BCUT2D eigenvalue weighted by molar-refractivity contribution is 0.466. The molecule has 0 aromatic carbocycles. The normalized spacial score (nSPS) is 21.7. The van der Waals surface area contributed by atoms with Gasteiger partial charge in [0.05, 0.1) is 11.4 Å². The van der Waals surface area contributed by atoms with Gasteiger partial charge in [0.2, 0.25) is 0 Å². The second kappa shape index (κ2) is 8.88. The Morgan fingerprint density at radius 3 is 1.97 bits per heavy atom. The van der Waals surface area contributed by atoms with Gasteiger partial charge in [0.1, 0.15) is 5.65 Å². The quantitative estimate of drug-likeness (QED) is 0.400. The van der Waals surface area contributed by atoms with Gasteiger partial charge in [-0.2, -0.15) is 0 Å². The van der Waals surface area contributed by atoms with Gasteiger partial charge in [0.25, 0.3) is 0 Å². The van der Waals surface area contributed by atoms with Crippen molar-refractivity contribution in [3.05, 3.63) is 46.6 Å². The number of hydrogen-bond acceptors (Lipinski definition) is 0. The smallest absolute Gasteiger partial charge is 0.130 e. The Kier molecular flexibility index (Phi) is 5.99. The largest absolute Gasteiger partial charge is 0.297 e. The predicted molar refractivity (Wildman–Crippen MR) is 134 cm³/mol. The summed E-state index contributed by atoms with van der Waals surface area (Å²) in [7, 11) is 0. The van der Waals surface area contributed by atoms with Crippen LogP contribution in [0.1, 0.15) is 112 Å². The third-order valence-corrected chi connectivity index (χ3v) is 8.07. The molecule has 3 aromatic rings. The number of nitrogens with zero attached hydrogens (tertiary/aromatic N) is 2. The average molecular weight is 417 g/mol. The van der Waals surface area contributed by atoms with Crippen LogP contribution < -0.4 is 0 Å². The molecule has 166 valence electrons. The van der Waals surface area contributed by atoms with Gasteiger partial charge in [-0.3, -0.25) is 8.80 Å². The predicted octanol–water partition coefficient (Wildman–Crippen LogP) is 8.04. The van der Waals surface area contributed by atoms with Crippen LogP contribution in [0.15, 0.2) is 12.7 Å². The molecule has 2 aliphatic carbocycles. The van der Waals surface area contributed by atoms with Crippen molar-refractivity contribution < 1.29 is 0 Å². The number of fused-ring (bicyclic) bond motifs is 6. The van der Waals surface area contributed by atoms with Crippen molar-refractivity contribution in [3.8, 4) is 0 Å². The molecule has 0 N–H and O–H groups in total. The molecule has 0 saturated heterocycles. The van der Waals surface area contributed by atoms with Crippen LogP contribution in [0, 0.1) is 5.92 Å². The Labute approximate surface area is 188 Å². The first-order chi connectivity index (χ1) is 15.3. The number of rotatable bonds is 2. The zero-order valence-corrected chi connectivity index (χ0v) is 19.8. The van der Waals surface area contributed by atoms with Crippen molar-refractivity contribution in [1.29, 1.82) is 0 Å². The summed E-state index contributed by atoms with van der Waals surface area (Å²) in [4.78, 5) is 0. The standard InChI is InChI=1S/C29H40N2/c1-4-14-27-24(5-2)30-25-19-11-9-7-6-8-10-17-22(25)28-23-18-12-15-21(3)16-13-20-26(23)31(27)29(28)30/h4-5,14,21H,2,6-13,15-20H2,1,3H3/b14-4-. The van der Waals surface area contributed by atoms with Gasteiger partial charge in [0, 0.05) is 16.8 Å². The number of allylic oxidation sites excluding steroid dienone is 1. The molecule has 2 nitrogen and oxygen atoms in total. The maximum Gasteiger partial charge on any atom is 0.130 e. The lowest BCUT2D eigenvalue weighted by Crippen LogP contribution is -2.01. The van der Waals surface area contributed by atoms with E-state index in [4.69, 9.17) is 0 Å². The van der Waals surface area contributed by atoms with E-state index in [1.54, 1.807) is 27.9 Å². The number of aromatic nitrogens is 2. The van der Waals surface area contributed by atoms with Crippen molar-refractivity contribution in [1.82, 2.24) is 8.80 Å². The Bertz CT molecular complexity index is 1090. The van der Waals surface area contributed by atoms with Crippen LogP contribution in [0.2, 0.25) is 0 Å². The van der Waals surface area contributed by atoms with E-state index >= 15 is 0 Å². The number of imidazole rings is 1. The molecule has 3 heterocycles. The SMILES string of the molecule is C=Cc1c(/C=C\C)n2c3c(c4c5c(n1c42)CCCCCCCC5)CCCC(C)CCC3. The highest BCUT2D eigenvalue weighted by Gasteiger charge is 2.30. The van der Waals surface area contributed by atoms with E-state index in [-0.39, 0.29) is 0 Å². The van der Waals surface area contributed by atoms with Gasteiger partial charge >= 0.3 is 0 Å². The fourth-order valence-corrected chi connectivity index (χ4v) is 6.61. The van der Waals surface area contributed by atoms with Crippen molar-refractivity contribution in [2.45, 2.75) is 104 Å². The lowest BCUT2D eigenvalue weighted by Gasteiger charge is -2.11. The number of aryl methyl sites for hydroxylation is 4. The zero-order chi connectivity index (χ0) is 21.4. The molecule has 2 heteroatoms. The third-order valence-electron chi connectivity index (χ3n) is 8.07. The molecule has 0 spiro atoms. The van der Waals surface area contributed by atoms with Crippen LogP contribution in [0.4, 0.5) is 0 Å². The Morgan fingerprint density at radius 1 is 0.742 bits per heavy atom. The molecule has 0 fully saturated rings. The molecule has 2 aliphatic rings. The van der Waals surface area contributed by atoms with E-state index in [1.807, 2.05) is 0 Å². The van der Waals surface area contributed by atoms with E-state index in [0.29, 0.717) is 0 Å². The van der Waals surface area contributed by atoms with Gasteiger partial charge in [0.15, 0.2) is 0 Å². The summed E-state index contributed by atoms with van der Waals surface area (Å²) in [6.45, 7) is 8.88. The molecule has 0 aliphatic heterocycles. The van der Waals surface area contributed by atoms with Crippen molar-refractivity contribution in [2.24, 2.45) is 5.92 Å². The van der Waals surface area contributed by atoms with E-state index < -0.39 is 0 Å².